The van der Waals surface area contributed by atoms with E-state index in [0.717, 1.165) is 22.8 Å². The zero-order valence-corrected chi connectivity index (χ0v) is 21.6. The van der Waals surface area contributed by atoms with Crippen molar-refractivity contribution >= 4 is 27.6 Å². The number of benzene rings is 2. The van der Waals surface area contributed by atoms with Gasteiger partial charge in [-0.2, -0.15) is 0 Å². The summed E-state index contributed by atoms with van der Waals surface area (Å²) in [7, 11) is 0. The molecule has 1 saturated heterocycles. The number of likely N-dealkylation sites (tertiary alicyclic amines) is 1. The molecule has 2 aromatic carbocycles. The van der Waals surface area contributed by atoms with E-state index < -0.39 is 21.9 Å². The molecule has 1 aliphatic rings. The third-order valence-electron chi connectivity index (χ3n) is 6.29. The summed E-state index contributed by atoms with van der Waals surface area (Å²) >= 11 is -0.450. The molecular weight excluding hydrogens is 479 g/mol. The van der Waals surface area contributed by atoms with Crippen LogP contribution < -0.4 is 5.73 Å². The summed E-state index contributed by atoms with van der Waals surface area (Å²) in [6.45, 7) is 5.68. The van der Waals surface area contributed by atoms with Crippen molar-refractivity contribution < 1.29 is 19.8 Å². The maximum atomic E-state index is 12.7. The second kappa shape index (κ2) is 11.2. The van der Waals surface area contributed by atoms with Crippen LogP contribution in [0.4, 0.5) is 0 Å². The fraction of sp³-hybridized carbons (Fsp3) is 0.462. The number of nitrogens with two attached hydrogens (primary N) is 1. The molecule has 1 aliphatic heterocycles. The van der Waals surface area contributed by atoms with E-state index in [2.05, 4.69) is 26.0 Å². The molecule has 4 N–H and O–H groups in total. The van der Waals surface area contributed by atoms with Crippen molar-refractivity contribution in [1.82, 2.24) is 4.90 Å². The molecule has 6 nitrogen and oxygen atoms in total. The third-order valence-corrected chi connectivity index (χ3v) is 9.91. The number of phenolic OH excluding ortho intramolecular Hbond substituents is 1. The number of aliphatic hydroxyl groups is 1. The number of primary amides is 1. The van der Waals surface area contributed by atoms with Gasteiger partial charge in [0, 0.05) is 0 Å². The van der Waals surface area contributed by atoms with Crippen molar-refractivity contribution in [1.29, 1.82) is 0 Å². The number of aliphatic hydroxyl groups excluding tert-OH is 1. The van der Waals surface area contributed by atoms with E-state index >= 15 is 0 Å². The van der Waals surface area contributed by atoms with Gasteiger partial charge in [-0.25, -0.2) is 0 Å². The number of hydrogen-bond acceptors (Lipinski definition) is 4. The van der Waals surface area contributed by atoms with E-state index in [4.69, 9.17) is 5.73 Å². The Bertz CT molecular complexity index is 953. The van der Waals surface area contributed by atoms with E-state index in [1.54, 1.807) is 24.3 Å². The van der Waals surface area contributed by atoms with Gasteiger partial charge >= 0.3 is 192 Å². The summed E-state index contributed by atoms with van der Waals surface area (Å²) in [4.78, 5) is 25.9. The van der Waals surface area contributed by atoms with Crippen molar-refractivity contribution in [2.45, 2.75) is 55.0 Å². The predicted octanol–water partition coefficient (Wildman–Crippen LogP) is 2.99. The average Bonchev–Trinajstić information content (AvgIpc) is 2.78. The van der Waals surface area contributed by atoms with Crippen LogP contribution >= 0.6 is 0 Å². The van der Waals surface area contributed by atoms with Crippen LogP contribution in [0.3, 0.4) is 0 Å². The zero-order valence-electron chi connectivity index (χ0n) is 19.5. The van der Waals surface area contributed by atoms with E-state index in [-0.39, 0.29) is 27.7 Å². The molecule has 178 valence electrons. The molecule has 0 bridgehead atoms. The van der Waals surface area contributed by atoms with Gasteiger partial charge in [0.05, 0.1) is 0 Å². The van der Waals surface area contributed by atoms with E-state index in [1.807, 2.05) is 17.0 Å². The number of hydrogen-bond donors (Lipinski definition) is 3. The summed E-state index contributed by atoms with van der Waals surface area (Å²) < 4.78 is 0.108. The normalized spacial score (nSPS) is 16.3. The molecule has 33 heavy (non-hydrogen) atoms. The first-order valence-electron chi connectivity index (χ1n) is 11.5. The molecule has 0 saturated carbocycles. The molecule has 0 aromatic heterocycles. The topological polar surface area (TPSA) is 104 Å². The van der Waals surface area contributed by atoms with Crippen LogP contribution in [0.25, 0.3) is 0 Å². The monoisotopic (exact) mass is 514 g/mol. The molecule has 2 aromatic rings. The third kappa shape index (κ3) is 7.62. The summed E-state index contributed by atoms with van der Waals surface area (Å²) in [5, 5.41) is 20.7. The van der Waals surface area contributed by atoms with Gasteiger partial charge in [-0.05, 0) is 0 Å². The Morgan fingerprint density at radius 1 is 1.12 bits per heavy atom. The van der Waals surface area contributed by atoms with Crippen LogP contribution in [-0.4, -0.2) is 55.8 Å². The summed E-state index contributed by atoms with van der Waals surface area (Å²) in [5.74, 6) is -0.0808. The van der Waals surface area contributed by atoms with Gasteiger partial charge in [-0.15, -0.1) is 0 Å². The number of carbonyl (C=O) groups is 2. The standard InChI is InChI=1S/C26H35AsN2O4/c1-26(2,27-17-23(31)20-6-8-22(30)9-7-20)16-19-5-3-4-18(14-19)15-24(32)29-12-10-21(11-13-29)25(28)33/h3-9,14,21,23,27,30-31H,10-13,15-17H2,1-2H3,(H2,28,33). The molecule has 1 heterocycles. The van der Waals surface area contributed by atoms with Crippen molar-refractivity contribution in [2.75, 3.05) is 13.1 Å². The number of amides is 2. The molecule has 3 rings (SSSR count). The average molecular weight is 514 g/mol. The number of rotatable bonds is 9. The maximum absolute atomic E-state index is 12.7. The fourth-order valence-corrected chi connectivity index (χ4v) is 7.06. The van der Waals surface area contributed by atoms with Crippen molar-refractivity contribution in [3.63, 3.8) is 0 Å². The molecule has 0 radical (unpaired) electrons. The fourth-order valence-electron chi connectivity index (χ4n) is 4.31. The Hall–Kier alpha value is -2.30. The molecule has 2 unspecified atom stereocenters. The molecule has 1 fully saturated rings. The summed E-state index contributed by atoms with van der Waals surface area (Å²) in [6, 6.07) is 15.0. The van der Waals surface area contributed by atoms with Crippen LogP contribution in [0.5, 0.6) is 5.75 Å². The molecule has 0 aliphatic carbocycles. The number of phenols is 1. The summed E-state index contributed by atoms with van der Waals surface area (Å²) in [6.07, 6.45) is 2.06. The van der Waals surface area contributed by atoms with E-state index in [0.29, 0.717) is 32.4 Å². The Kier molecular flexibility index (Phi) is 8.61. The van der Waals surface area contributed by atoms with Crippen molar-refractivity contribution in [3.8, 4) is 5.75 Å². The molecule has 2 atom stereocenters. The van der Waals surface area contributed by atoms with Crippen LogP contribution in [-0.2, 0) is 22.4 Å². The van der Waals surface area contributed by atoms with Crippen LogP contribution in [0.1, 0.15) is 49.5 Å². The number of piperidine rings is 1. The van der Waals surface area contributed by atoms with Crippen LogP contribution in [0, 0.1) is 5.92 Å². The van der Waals surface area contributed by atoms with Gasteiger partial charge in [0.1, 0.15) is 0 Å². The molecular formula is C26H35AsN2O4. The van der Waals surface area contributed by atoms with Gasteiger partial charge in [0.15, 0.2) is 0 Å². The number of nitrogens with zero attached hydrogens (tertiary/aromatic N) is 1. The predicted molar refractivity (Wildman–Crippen MR) is 131 cm³/mol. The van der Waals surface area contributed by atoms with Gasteiger partial charge in [0.2, 0.25) is 0 Å². The Balaban J connectivity index is 1.52. The second-order valence-electron chi connectivity index (χ2n) is 9.60. The molecule has 2 amide bonds. The van der Waals surface area contributed by atoms with Crippen LogP contribution in [0.2, 0.25) is 9.41 Å². The van der Waals surface area contributed by atoms with Crippen molar-refractivity contribution in [2.24, 2.45) is 11.7 Å². The van der Waals surface area contributed by atoms with Gasteiger partial charge in [-0.1, -0.05) is 0 Å². The second-order valence-corrected chi connectivity index (χ2v) is 14.0. The van der Waals surface area contributed by atoms with Gasteiger partial charge in [0.25, 0.3) is 0 Å². The van der Waals surface area contributed by atoms with E-state index in [1.165, 1.54) is 5.56 Å². The Labute approximate surface area is 202 Å². The Morgan fingerprint density at radius 2 is 1.76 bits per heavy atom. The van der Waals surface area contributed by atoms with Crippen LogP contribution in [0.15, 0.2) is 48.5 Å². The quantitative estimate of drug-likeness (QED) is 0.448. The zero-order chi connectivity index (χ0) is 24.0. The summed E-state index contributed by atoms with van der Waals surface area (Å²) in [5.41, 5.74) is 8.45. The van der Waals surface area contributed by atoms with Gasteiger partial charge < -0.3 is 5.73 Å². The molecule has 7 heteroatoms. The minimum absolute atomic E-state index is 0.0970. The first kappa shape index (κ1) is 25.3. The first-order valence-corrected chi connectivity index (χ1v) is 14.0. The Morgan fingerprint density at radius 3 is 2.39 bits per heavy atom. The van der Waals surface area contributed by atoms with E-state index in [9.17, 15) is 19.8 Å². The first-order chi connectivity index (χ1) is 15.6. The van der Waals surface area contributed by atoms with Gasteiger partial charge in [-0.3, -0.25) is 4.79 Å². The SMILES string of the molecule is CC(C)(Cc1cccc(CC(=O)N2CCC(C(N)=O)CC2)c1)[AsH]CC(O)c1ccc(O)cc1. The van der Waals surface area contributed by atoms with Crippen molar-refractivity contribution in [3.05, 3.63) is 65.2 Å². The number of carbonyl (C=O) groups excluding carboxylic acids is 2. The minimum atomic E-state index is -0.507. The number of aromatic hydroxyl groups is 1. The molecule has 0 spiro atoms.